The van der Waals surface area contributed by atoms with E-state index < -0.39 is 0 Å². The van der Waals surface area contributed by atoms with Gasteiger partial charge in [0, 0.05) is 29.8 Å². The number of aliphatic hydroxyl groups excluding tert-OH is 1. The number of aliphatic hydroxyl groups is 1. The maximum Gasteiger partial charge on any atom is 0.260 e. The topological polar surface area (TPSA) is 103 Å². The monoisotopic (exact) mass is 543 g/mol. The van der Waals surface area contributed by atoms with Gasteiger partial charge in [-0.1, -0.05) is 22.0 Å². The van der Waals surface area contributed by atoms with Crippen molar-refractivity contribution in [3.8, 4) is 6.07 Å². The first-order valence-corrected chi connectivity index (χ1v) is 12.5. The number of hydrogen-bond donors (Lipinski definition) is 3. The number of halogens is 1. The molecule has 2 aliphatic heterocycles. The average Bonchev–Trinajstić information content (AvgIpc) is 3.67. The molecule has 8 heteroatoms. The van der Waals surface area contributed by atoms with Gasteiger partial charge in [-0.15, -0.1) is 0 Å². The van der Waals surface area contributed by atoms with Crippen molar-refractivity contribution in [1.29, 1.82) is 10.7 Å². The third-order valence-corrected chi connectivity index (χ3v) is 7.39. The number of carbonyl (C=O) groups excluding carboxylic acids is 1. The van der Waals surface area contributed by atoms with Crippen molar-refractivity contribution in [2.75, 3.05) is 14.1 Å². The minimum absolute atomic E-state index is 0.114. The SMILES string of the molecule is CN(C)C(=N)/C=c1\cc(C#N)cc\c1=C1\C=C(C2CC2)NC(N2Cc3c(Br)cc(CO)cc3C2=O)=C1. The molecule has 0 atom stereocenters. The van der Waals surface area contributed by atoms with E-state index in [4.69, 9.17) is 5.41 Å². The van der Waals surface area contributed by atoms with E-state index in [9.17, 15) is 15.2 Å². The van der Waals surface area contributed by atoms with Gasteiger partial charge in [0.1, 0.15) is 11.7 Å². The van der Waals surface area contributed by atoms with Gasteiger partial charge in [-0.3, -0.25) is 15.1 Å². The zero-order chi connectivity index (χ0) is 25.6. The number of nitrogens with zero attached hydrogens (tertiary/aromatic N) is 3. The lowest BCUT2D eigenvalue weighted by Crippen LogP contribution is -2.36. The second kappa shape index (κ2) is 9.41. The third kappa shape index (κ3) is 4.48. The molecule has 1 fully saturated rings. The Hall–Kier alpha value is -3.67. The van der Waals surface area contributed by atoms with Gasteiger partial charge in [-0.25, -0.2) is 0 Å². The van der Waals surface area contributed by atoms with Crippen LogP contribution in [0, 0.1) is 22.7 Å². The summed E-state index contributed by atoms with van der Waals surface area (Å²) in [5, 5.41) is 32.6. The number of benzene rings is 2. The van der Waals surface area contributed by atoms with E-state index in [0.29, 0.717) is 40.8 Å². The summed E-state index contributed by atoms with van der Waals surface area (Å²) in [4.78, 5) is 16.9. The molecule has 0 bridgehead atoms. The summed E-state index contributed by atoms with van der Waals surface area (Å²) in [6.07, 6.45) is 8.03. The lowest BCUT2D eigenvalue weighted by molar-refractivity contribution is 0.0818. The van der Waals surface area contributed by atoms with Gasteiger partial charge < -0.3 is 15.3 Å². The van der Waals surface area contributed by atoms with Gasteiger partial charge in [-0.05, 0) is 88.4 Å². The first-order chi connectivity index (χ1) is 17.3. The van der Waals surface area contributed by atoms with Crippen LogP contribution in [0.5, 0.6) is 0 Å². The number of carbonyl (C=O) groups is 1. The molecule has 3 N–H and O–H groups in total. The zero-order valence-electron chi connectivity index (χ0n) is 20.1. The molecule has 7 nitrogen and oxygen atoms in total. The molecule has 1 aliphatic carbocycles. The maximum absolute atomic E-state index is 13.5. The highest BCUT2D eigenvalue weighted by molar-refractivity contribution is 9.10. The van der Waals surface area contributed by atoms with Gasteiger partial charge in [0.15, 0.2) is 0 Å². The Labute approximate surface area is 218 Å². The standard InChI is InChI=1S/C28H26BrN5O2/c1-33(2)26(31)11-19-7-16(13-30)3-6-21(19)20-10-25(18-4-5-18)32-27(12-20)34-14-23-22(28(34)36)8-17(15-35)9-24(23)29/h3,6-12,18,31-32,35H,4-5,14-15H2,1-2H3/b19-11+,21-20+,31-26?. The highest BCUT2D eigenvalue weighted by Crippen LogP contribution is 2.39. The molecule has 3 aliphatic rings. The Kier molecular flexibility index (Phi) is 6.29. The molecule has 1 amide bonds. The molecule has 0 unspecified atom stereocenters. The Morgan fingerprint density at radius 1 is 1.31 bits per heavy atom. The van der Waals surface area contributed by atoms with Crippen molar-refractivity contribution in [1.82, 2.24) is 15.1 Å². The first-order valence-electron chi connectivity index (χ1n) is 11.8. The fraction of sp³-hybridized carbons (Fsp3) is 0.250. The van der Waals surface area contributed by atoms with E-state index in [-0.39, 0.29) is 12.5 Å². The third-order valence-electron chi connectivity index (χ3n) is 6.68. The summed E-state index contributed by atoms with van der Waals surface area (Å²) < 4.78 is 0.810. The van der Waals surface area contributed by atoms with Crippen LogP contribution in [0.25, 0.3) is 11.6 Å². The molecule has 5 rings (SSSR count). The second-order valence-corrected chi connectivity index (χ2v) is 10.3. The van der Waals surface area contributed by atoms with Crippen molar-refractivity contribution in [3.63, 3.8) is 0 Å². The molecule has 0 spiro atoms. The van der Waals surface area contributed by atoms with E-state index in [1.807, 2.05) is 32.3 Å². The Bertz CT molecular complexity index is 1530. The molecule has 2 aromatic carbocycles. The van der Waals surface area contributed by atoms with Crippen LogP contribution in [0.4, 0.5) is 0 Å². The molecule has 0 radical (unpaired) electrons. The van der Waals surface area contributed by atoms with Crippen LogP contribution < -0.4 is 15.8 Å². The number of rotatable bonds is 4. The van der Waals surface area contributed by atoms with Crippen LogP contribution in [-0.4, -0.2) is 40.7 Å². The van der Waals surface area contributed by atoms with E-state index in [2.05, 4.69) is 33.4 Å². The van der Waals surface area contributed by atoms with Gasteiger partial charge in [0.05, 0.1) is 24.8 Å². The van der Waals surface area contributed by atoms with Crippen molar-refractivity contribution in [2.24, 2.45) is 5.92 Å². The van der Waals surface area contributed by atoms with E-state index >= 15 is 0 Å². The molecule has 36 heavy (non-hydrogen) atoms. The number of nitrogens with one attached hydrogen (secondary N) is 2. The van der Waals surface area contributed by atoms with Gasteiger partial charge in [0.2, 0.25) is 0 Å². The number of nitriles is 1. The highest BCUT2D eigenvalue weighted by atomic mass is 79.9. The van der Waals surface area contributed by atoms with Crippen LogP contribution in [-0.2, 0) is 13.2 Å². The van der Waals surface area contributed by atoms with Crippen molar-refractivity contribution >= 4 is 39.3 Å². The number of amidine groups is 1. The van der Waals surface area contributed by atoms with Crippen LogP contribution in [0.15, 0.2) is 58.5 Å². The number of allylic oxidation sites excluding steroid dienone is 3. The van der Waals surface area contributed by atoms with Crippen LogP contribution in [0.2, 0.25) is 0 Å². The summed E-state index contributed by atoms with van der Waals surface area (Å²) in [5.74, 6) is 1.33. The van der Waals surface area contributed by atoms with Crippen LogP contribution in [0.1, 0.15) is 39.9 Å². The molecule has 1 saturated carbocycles. The predicted molar refractivity (Wildman–Crippen MR) is 142 cm³/mol. The minimum atomic E-state index is -0.132. The van der Waals surface area contributed by atoms with Gasteiger partial charge >= 0.3 is 0 Å². The molecule has 182 valence electrons. The number of fused-ring (bicyclic) bond motifs is 1. The van der Waals surface area contributed by atoms with Crippen molar-refractivity contribution < 1.29 is 9.90 Å². The zero-order valence-corrected chi connectivity index (χ0v) is 21.7. The predicted octanol–water partition coefficient (Wildman–Crippen LogP) is 2.68. The van der Waals surface area contributed by atoms with Crippen LogP contribution >= 0.6 is 15.9 Å². The summed E-state index contributed by atoms with van der Waals surface area (Å²) >= 11 is 3.57. The Morgan fingerprint density at radius 3 is 2.75 bits per heavy atom. The molecule has 0 saturated heterocycles. The molecular weight excluding hydrogens is 518 g/mol. The average molecular weight is 544 g/mol. The Morgan fingerprint density at radius 2 is 2.08 bits per heavy atom. The van der Waals surface area contributed by atoms with E-state index in [1.54, 1.807) is 34.1 Å². The van der Waals surface area contributed by atoms with Crippen molar-refractivity contribution in [2.45, 2.75) is 26.0 Å². The summed E-state index contributed by atoms with van der Waals surface area (Å²) in [6, 6.07) is 11.3. The van der Waals surface area contributed by atoms with E-state index in [1.165, 1.54) is 0 Å². The lowest BCUT2D eigenvalue weighted by Gasteiger charge is -2.26. The molecule has 2 heterocycles. The fourth-order valence-electron chi connectivity index (χ4n) is 4.49. The maximum atomic E-state index is 13.5. The minimum Gasteiger partial charge on any atom is -0.392 e. The molecule has 2 aromatic rings. The van der Waals surface area contributed by atoms with Crippen LogP contribution in [0.3, 0.4) is 0 Å². The van der Waals surface area contributed by atoms with Crippen molar-refractivity contribution in [3.05, 3.63) is 91.2 Å². The normalized spacial score (nSPS) is 18.8. The molecular formula is C28H26BrN5O2. The number of amides is 1. The smallest absolute Gasteiger partial charge is 0.260 e. The summed E-state index contributed by atoms with van der Waals surface area (Å²) in [5.41, 5.74) is 4.69. The lowest BCUT2D eigenvalue weighted by atomic mass is 10.0. The number of hydrogen-bond acceptors (Lipinski definition) is 5. The highest BCUT2D eigenvalue weighted by Gasteiger charge is 2.35. The first kappa shape index (κ1) is 24.0. The number of dihydropyridines is 1. The Balaban J connectivity index is 1.66. The van der Waals surface area contributed by atoms with E-state index in [0.717, 1.165) is 44.6 Å². The largest absolute Gasteiger partial charge is 0.392 e. The van der Waals surface area contributed by atoms with Gasteiger partial charge in [0.25, 0.3) is 5.91 Å². The second-order valence-electron chi connectivity index (χ2n) is 9.47. The fourth-order valence-corrected chi connectivity index (χ4v) is 5.12. The quantitative estimate of drug-likeness (QED) is 0.406. The summed E-state index contributed by atoms with van der Waals surface area (Å²) in [7, 11) is 3.62. The molecule has 0 aromatic heterocycles. The summed E-state index contributed by atoms with van der Waals surface area (Å²) in [6.45, 7) is 0.286. The van der Waals surface area contributed by atoms with Gasteiger partial charge in [-0.2, -0.15) is 5.26 Å².